The highest BCUT2D eigenvalue weighted by atomic mass is 14.9. The van der Waals surface area contributed by atoms with Gasteiger partial charge in [0, 0.05) is 17.6 Å². The molecule has 0 bridgehead atoms. The first-order valence-electron chi connectivity index (χ1n) is 5.03. The zero-order valence-electron chi connectivity index (χ0n) is 8.35. The van der Waals surface area contributed by atoms with Gasteiger partial charge in [-0.15, -0.1) is 0 Å². The average molecular weight is 185 g/mol. The van der Waals surface area contributed by atoms with Gasteiger partial charge in [0.2, 0.25) is 0 Å². The Bertz CT molecular complexity index is 326. The normalized spacial score (nSPS) is 17.2. The smallest absolute Gasteiger partial charge is 0.0342 e. The van der Waals surface area contributed by atoms with Crippen LogP contribution in [0, 0.1) is 5.92 Å². The van der Waals surface area contributed by atoms with Crippen molar-refractivity contribution >= 4 is 5.69 Å². The number of anilines is 1. The molecule has 0 unspecified atom stereocenters. The fraction of sp³-hybridized carbons (Fsp3) is 0.231. The third-order valence-electron chi connectivity index (χ3n) is 2.52. The van der Waals surface area contributed by atoms with Gasteiger partial charge in [0.15, 0.2) is 0 Å². The number of rotatable bonds is 3. The minimum atomic E-state index is 0.451. The summed E-state index contributed by atoms with van der Waals surface area (Å²) in [5, 5.41) is 3.48. The molecule has 1 aromatic carbocycles. The van der Waals surface area contributed by atoms with Crippen molar-refractivity contribution < 1.29 is 0 Å². The first-order valence-corrected chi connectivity index (χ1v) is 5.03. The van der Waals surface area contributed by atoms with Gasteiger partial charge >= 0.3 is 0 Å². The van der Waals surface area contributed by atoms with E-state index in [9.17, 15) is 0 Å². The van der Waals surface area contributed by atoms with Crippen LogP contribution in [0.5, 0.6) is 0 Å². The van der Waals surface area contributed by atoms with Crippen LogP contribution in [0.15, 0.2) is 54.6 Å². The van der Waals surface area contributed by atoms with Crippen LogP contribution in [0.2, 0.25) is 0 Å². The van der Waals surface area contributed by atoms with Gasteiger partial charge in [0.05, 0.1) is 0 Å². The summed E-state index contributed by atoms with van der Waals surface area (Å²) in [4.78, 5) is 0. The molecule has 0 fully saturated rings. The fourth-order valence-electron chi connectivity index (χ4n) is 1.68. The maximum atomic E-state index is 3.48. The van der Waals surface area contributed by atoms with Crippen molar-refractivity contribution in [3.8, 4) is 0 Å². The van der Waals surface area contributed by atoms with E-state index in [1.54, 1.807) is 0 Å². The minimum Gasteiger partial charge on any atom is -0.382 e. The number of nitrogens with one attached hydrogen (secondary N) is 1. The Morgan fingerprint density at radius 2 is 1.71 bits per heavy atom. The van der Waals surface area contributed by atoms with E-state index >= 15 is 0 Å². The van der Waals surface area contributed by atoms with E-state index in [2.05, 4.69) is 60.8 Å². The van der Waals surface area contributed by atoms with E-state index < -0.39 is 0 Å². The molecule has 1 aliphatic rings. The van der Waals surface area contributed by atoms with E-state index in [4.69, 9.17) is 0 Å². The van der Waals surface area contributed by atoms with E-state index in [-0.39, 0.29) is 0 Å². The zero-order valence-corrected chi connectivity index (χ0v) is 8.35. The molecule has 0 heterocycles. The average Bonchev–Trinajstić information content (AvgIpc) is 2.72. The van der Waals surface area contributed by atoms with Crippen molar-refractivity contribution in [3.63, 3.8) is 0 Å². The van der Waals surface area contributed by atoms with Crippen molar-refractivity contribution in [2.75, 3.05) is 5.32 Å². The van der Waals surface area contributed by atoms with E-state index in [1.807, 2.05) is 6.07 Å². The van der Waals surface area contributed by atoms with Crippen LogP contribution >= 0.6 is 0 Å². The number of hydrogen-bond donors (Lipinski definition) is 1. The fourth-order valence-corrected chi connectivity index (χ4v) is 1.68. The van der Waals surface area contributed by atoms with E-state index in [1.165, 1.54) is 5.69 Å². The molecule has 0 aliphatic heterocycles. The molecule has 1 nitrogen and oxygen atoms in total. The largest absolute Gasteiger partial charge is 0.382 e. The third kappa shape index (κ3) is 2.05. The lowest BCUT2D eigenvalue weighted by atomic mass is 10.0. The molecule has 1 atom stereocenters. The lowest BCUT2D eigenvalue weighted by Crippen LogP contribution is -2.22. The molecule has 2 rings (SSSR count). The summed E-state index contributed by atoms with van der Waals surface area (Å²) in [6.07, 6.45) is 8.66. The topological polar surface area (TPSA) is 12.0 Å². The lowest BCUT2D eigenvalue weighted by Gasteiger charge is -2.18. The lowest BCUT2D eigenvalue weighted by molar-refractivity contribution is 0.683. The van der Waals surface area contributed by atoms with Crippen molar-refractivity contribution in [1.82, 2.24) is 0 Å². The van der Waals surface area contributed by atoms with Crippen LogP contribution in [0.1, 0.15) is 6.92 Å². The van der Waals surface area contributed by atoms with Crippen LogP contribution in [-0.2, 0) is 0 Å². The molecule has 1 N–H and O–H groups in total. The van der Waals surface area contributed by atoms with Crippen LogP contribution in [0.3, 0.4) is 0 Å². The zero-order chi connectivity index (χ0) is 9.80. The maximum Gasteiger partial charge on any atom is 0.0342 e. The van der Waals surface area contributed by atoms with Gasteiger partial charge in [-0.3, -0.25) is 0 Å². The standard InChI is InChI=1S/C13H15N/c1-11(12-7-5-6-8-12)14-13-9-3-2-4-10-13/h2-12,14H,1H3/t11-/m0/s1. The SMILES string of the molecule is C[C@H](Nc1ccccc1)C1C=CC=C1. The third-order valence-corrected chi connectivity index (χ3v) is 2.52. The summed E-state index contributed by atoms with van der Waals surface area (Å²) in [6, 6.07) is 10.8. The molecule has 0 saturated heterocycles. The Morgan fingerprint density at radius 3 is 2.36 bits per heavy atom. The number of hydrogen-bond acceptors (Lipinski definition) is 1. The van der Waals surface area contributed by atoms with Crippen LogP contribution < -0.4 is 5.32 Å². The van der Waals surface area contributed by atoms with Crippen LogP contribution in [0.4, 0.5) is 5.69 Å². The van der Waals surface area contributed by atoms with Crippen LogP contribution in [-0.4, -0.2) is 6.04 Å². The molecule has 0 saturated carbocycles. The second kappa shape index (κ2) is 4.14. The first-order chi connectivity index (χ1) is 6.86. The highest BCUT2D eigenvalue weighted by Crippen LogP contribution is 2.17. The van der Waals surface area contributed by atoms with Gasteiger partial charge in [-0.1, -0.05) is 42.5 Å². The minimum absolute atomic E-state index is 0.451. The van der Waals surface area contributed by atoms with Gasteiger partial charge in [0.25, 0.3) is 0 Å². The van der Waals surface area contributed by atoms with Gasteiger partial charge < -0.3 is 5.32 Å². The predicted octanol–water partition coefficient (Wildman–Crippen LogP) is 3.23. The summed E-state index contributed by atoms with van der Waals surface area (Å²) in [6.45, 7) is 2.21. The molecule has 1 heteroatoms. The molecule has 72 valence electrons. The quantitative estimate of drug-likeness (QED) is 0.762. The Kier molecular flexibility index (Phi) is 2.68. The monoisotopic (exact) mass is 185 g/mol. The Morgan fingerprint density at radius 1 is 1.07 bits per heavy atom. The van der Waals surface area contributed by atoms with Crippen molar-refractivity contribution in [1.29, 1.82) is 0 Å². The first kappa shape index (κ1) is 9.07. The van der Waals surface area contributed by atoms with Gasteiger partial charge in [-0.2, -0.15) is 0 Å². The second-order valence-corrected chi connectivity index (χ2v) is 3.65. The molecular weight excluding hydrogens is 170 g/mol. The summed E-state index contributed by atoms with van der Waals surface area (Å²) in [5.74, 6) is 0.523. The van der Waals surface area contributed by atoms with Gasteiger partial charge in [-0.05, 0) is 19.1 Å². The summed E-state index contributed by atoms with van der Waals surface area (Å²) in [5.41, 5.74) is 1.19. The molecule has 0 aromatic heterocycles. The molecule has 0 amide bonds. The molecule has 14 heavy (non-hydrogen) atoms. The summed E-state index contributed by atoms with van der Waals surface area (Å²) >= 11 is 0. The van der Waals surface area contributed by atoms with E-state index in [0.717, 1.165) is 0 Å². The van der Waals surface area contributed by atoms with Gasteiger partial charge in [0.1, 0.15) is 0 Å². The summed E-state index contributed by atoms with van der Waals surface area (Å²) in [7, 11) is 0. The maximum absolute atomic E-state index is 3.48. The number of para-hydroxylation sites is 1. The Balaban J connectivity index is 1.98. The molecule has 0 spiro atoms. The predicted molar refractivity (Wildman–Crippen MR) is 61.3 cm³/mol. The molecule has 1 aliphatic carbocycles. The summed E-state index contributed by atoms with van der Waals surface area (Å²) < 4.78 is 0. The molecular formula is C13H15N. The van der Waals surface area contributed by atoms with Gasteiger partial charge in [-0.25, -0.2) is 0 Å². The highest BCUT2D eigenvalue weighted by molar-refractivity contribution is 5.44. The van der Waals surface area contributed by atoms with Crippen molar-refractivity contribution in [2.24, 2.45) is 5.92 Å². The molecule has 1 aromatic rings. The molecule has 0 radical (unpaired) electrons. The Hall–Kier alpha value is -1.50. The van der Waals surface area contributed by atoms with E-state index in [0.29, 0.717) is 12.0 Å². The number of allylic oxidation sites excluding steroid dienone is 2. The van der Waals surface area contributed by atoms with Crippen LogP contribution in [0.25, 0.3) is 0 Å². The van der Waals surface area contributed by atoms with Crippen molar-refractivity contribution in [2.45, 2.75) is 13.0 Å². The second-order valence-electron chi connectivity index (χ2n) is 3.65. The Labute approximate surface area is 85.2 Å². The van der Waals surface area contributed by atoms with Crippen molar-refractivity contribution in [3.05, 3.63) is 54.6 Å². The number of benzene rings is 1. The highest BCUT2D eigenvalue weighted by Gasteiger charge is 2.12.